The predicted molar refractivity (Wildman–Crippen MR) is 92.0 cm³/mol. The molecule has 1 heterocycles. The van der Waals surface area contributed by atoms with Gasteiger partial charge in [0.25, 0.3) is 0 Å². The molecule has 3 rings (SSSR count). The number of hydrogen-bond donors (Lipinski definition) is 2. The smallest absolute Gasteiger partial charge is 0.243 e. The Morgan fingerprint density at radius 1 is 1.04 bits per heavy atom. The van der Waals surface area contributed by atoms with E-state index >= 15 is 0 Å². The third kappa shape index (κ3) is 3.81. The molecule has 0 aliphatic carbocycles. The molecular formula is C17H14FN3O3S. The van der Waals surface area contributed by atoms with Crippen molar-refractivity contribution in [3.63, 3.8) is 0 Å². The van der Waals surface area contributed by atoms with Gasteiger partial charge in [0.15, 0.2) is 0 Å². The number of hydrogen-bond acceptors (Lipinski definition) is 4. The van der Waals surface area contributed by atoms with Crippen LogP contribution in [-0.4, -0.2) is 25.9 Å². The van der Waals surface area contributed by atoms with Gasteiger partial charge in [-0.2, -0.15) is 0 Å². The maximum Gasteiger partial charge on any atom is 0.243 e. The van der Waals surface area contributed by atoms with E-state index in [0.29, 0.717) is 11.2 Å². The van der Waals surface area contributed by atoms with Crippen molar-refractivity contribution in [2.24, 2.45) is 0 Å². The van der Waals surface area contributed by atoms with E-state index in [1.165, 1.54) is 12.1 Å². The molecular weight excluding hydrogens is 345 g/mol. The van der Waals surface area contributed by atoms with Crippen molar-refractivity contribution in [3.8, 4) is 0 Å². The molecule has 0 aliphatic heterocycles. The Morgan fingerprint density at radius 2 is 1.80 bits per heavy atom. The minimum Gasteiger partial charge on any atom is -0.323 e. The highest BCUT2D eigenvalue weighted by molar-refractivity contribution is 7.89. The Labute approximate surface area is 143 Å². The first-order valence-corrected chi connectivity index (χ1v) is 8.83. The summed E-state index contributed by atoms with van der Waals surface area (Å²) >= 11 is 0. The normalized spacial score (nSPS) is 11.4. The van der Waals surface area contributed by atoms with E-state index in [9.17, 15) is 17.6 Å². The van der Waals surface area contributed by atoms with Crippen LogP contribution in [0, 0.1) is 5.82 Å². The fourth-order valence-corrected chi connectivity index (χ4v) is 3.36. The third-order valence-electron chi connectivity index (χ3n) is 3.46. The highest BCUT2D eigenvalue weighted by atomic mass is 32.2. The zero-order valence-electron chi connectivity index (χ0n) is 12.9. The van der Waals surface area contributed by atoms with Gasteiger partial charge in [-0.15, -0.1) is 0 Å². The van der Waals surface area contributed by atoms with Crippen LogP contribution >= 0.6 is 0 Å². The van der Waals surface area contributed by atoms with Crippen LogP contribution < -0.4 is 10.0 Å². The number of rotatable bonds is 5. The molecule has 0 radical (unpaired) electrons. The lowest BCUT2D eigenvalue weighted by atomic mass is 10.2. The van der Waals surface area contributed by atoms with Crippen LogP contribution in [0.5, 0.6) is 0 Å². The molecule has 2 N–H and O–H groups in total. The summed E-state index contributed by atoms with van der Waals surface area (Å²) in [4.78, 5) is 15.8. The van der Waals surface area contributed by atoms with Gasteiger partial charge in [-0.05, 0) is 24.3 Å². The molecule has 2 aromatic carbocycles. The number of halogens is 1. The molecule has 128 valence electrons. The number of pyridine rings is 1. The van der Waals surface area contributed by atoms with E-state index in [1.807, 2.05) is 12.1 Å². The molecule has 1 amide bonds. The third-order valence-corrected chi connectivity index (χ3v) is 4.89. The Hall–Kier alpha value is -2.84. The topological polar surface area (TPSA) is 88.2 Å². The fraction of sp³-hybridized carbons (Fsp3) is 0.0588. The van der Waals surface area contributed by atoms with Crippen LogP contribution in [0.15, 0.2) is 65.7 Å². The molecule has 25 heavy (non-hydrogen) atoms. The van der Waals surface area contributed by atoms with E-state index in [0.717, 1.165) is 17.5 Å². The lowest BCUT2D eigenvalue weighted by Crippen LogP contribution is -2.33. The number of amides is 1. The molecule has 0 unspecified atom stereocenters. The van der Waals surface area contributed by atoms with Gasteiger partial charge in [0.05, 0.1) is 17.7 Å². The highest BCUT2D eigenvalue weighted by Gasteiger charge is 2.19. The van der Waals surface area contributed by atoms with Crippen LogP contribution in [0.2, 0.25) is 0 Å². The van der Waals surface area contributed by atoms with Crippen LogP contribution in [0.3, 0.4) is 0 Å². The zero-order chi connectivity index (χ0) is 17.9. The van der Waals surface area contributed by atoms with E-state index in [1.54, 1.807) is 24.4 Å². The first-order chi connectivity index (χ1) is 12.0. The van der Waals surface area contributed by atoms with Gasteiger partial charge >= 0.3 is 0 Å². The monoisotopic (exact) mass is 359 g/mol. The Balaban J connectivity index is 1.72. The summed E-state index contributed by atoms with van der Waals surface area (Å²) in [6.45, 7) is -0.528. The molecule has 6 nitrogen and oxygen atoms in total. The lowest BCUT2D eigenvalue weighted by Gasteiger charge is -2.10. The minimum atomic E-state index is -4.12. The summed E-state index contributed by atoms with van der Waals surface area (Å²) in [5, 5.41) is 3.44. The number of aromatic nitrogens is 1. The van der Waals surface area contributed by atoms with Crippen LogP contribution in [0.25, 0.3) is 10.9 Å². The van der Waals surface area contributed by atoms with Crippen molar-refractivity contribution in [2.45, 2.75) is 4.90 Å². The molecule has 0 saturated carbocycles. The average Bonchev–Trinajstić information content (AvgIpc) is 2.61. The summed E-state index contributed by atoms with van der Waals surface area (Å²) in [7, 11) is -4.12. The SMILES string of the molecule is O=C(CNS(=O)(=O)c1ccccc1F)Nc1cccc2cccnc12. The molecule has 0 fully saturated rings. The van der Waals surface area contributed by atoms with Crippen molar-refractivity contribution < 1.29 is 17.6 Å². The van der Waals surface area contributed by atoms with E-state index < -0.39 is 33.2 Å². The van der Waals surface area contributed by atoms with Gasteiger partial charge < -0.3 is 5.32 Å². The highest BCUT2D eigenvalue weighted by Crippen LogP contribution is 2.20. The molecule has 8 heteroatoms. The number of carbonyl (C=O) groups is 1. The van der Waals surface area contributed by atoms with Crippen molar-refractivity contribution in [1.82, 2.24) is 9.71 Å². The predicted octanol–water partition coefficient (Wildman–Crippen LogP) is 2.29. The number of para-hydroxylation sites is 1. The van der Waals surface area contributed by atoms with Gasteiger partial charge in [-0.25, -0.2) is 17.5 Å². The second-order valence-corrected chi connectivity index (χ2v) is 6.92. The van der Waals surface area contributed by atoms with Gasteiger partial charge in [0.2, 0.25) is 15.9 Å². The average molecular weight is 359 g/mol. The first kappa shape index (κ1) is 17.0. The second-order valence-electron chi connectivity index (χ2n) is 5.18. The fourth-order valence-electron chi connectivity index (χ4n) is 2.30. The second kappa shape index (κ2) is 6.96. The zero-order valence-corrected chi connectivity index (χ0v) is 13.8. The molecule has 3 aromatic rings. The number of nitrogens with one attached hydrogen (secondary N) is 2. The molecule has 0 spiro atoms. The Bertz CT molecular complexity index is 1030. The molecule has 0 bridgehead atoms. The summed E-state index contributed by atoms with van der Waals surface area (Å²) in [6.07, 6.45) is 1.60. The lowest BCUT2D eigenvalue weighted by molar-refractivity contribution is -0.115. The van der Waals surface area contributed by atoms with Crippen LogP contribution in [-0.2, 0) is 14.8 Å². The first-order valence-electron chi connectivity index (χ1n) is 7.35. The number of fused-ring (bicyclic) bond motifs is 1. The number of nitrogens with zero attached hydrogens (tertiary/aromatic N) is 1. The number of benzene rings is 2. The summed E-state index contributed by atoms with van der Waals surface area (Å²) in [6, 6.07) is 13.8. The van der Waals surface area contributed by atoms with Crippen molar-refractivity contribution in [2.75, 3.05) is 11.9 Å². The van der Waals surface area contributed by atoms with Crippen LogP contribution in [0.4, 0.5) is 10.1 Å². The number of sulfonamides is 1. The Morgan fingerprint density at radius 3 is 2.60 bits per heavy atom. The van der Waals surface area contributed by atoms with E-state index in [4.69, 9.17) is 0 Å². The number of anilines is 1. The van der Waals surface area contributed by atoms with Gasteiger partial charge in [0.1, 0.15) is 10.7 Å². The summed E-state index contributed by atoms with van der Waals surface area (Å²) in [5.41, 5.74) is 1.06. The summed E-state index contributed by atoms with van der Waals surface area (Å²) in [5.74, 6) is -1.47. The number of carbonyl (C=O) groups excluding carboxylic acids is 1. The maximum atomic E-state index is 13.6. The summed E-state index contributed by atoms with van der Waals surface area (Å²) < 4.78 is 39.8. The van der Waals surface area contributed by atoms with Gasteiger partial charge in [0, 0.05) is 11.6 Å². The molecule has 0 aliphatic rings. The molecule has 1 aromatic heterocycles. The Kier molecular flexibility index (Phi) is 4.73. The van der Waals surface area contributed by atoms with E-state index in [2.05, 4.69) is 15.0 Å². The molecule has 0 atom stereocenters. The largest absolute Gasteiger partial charge is 0.323 e. The molecule has 0 saturated heterocycles. The van der Waals surface area contributed by atoms with Crippen molar-refractivity contribution in [1.29, 1.82) is 0 Å². The van der Waals surface area contributed by atoms with Gasteiger partial charge in [-0.1, -0.05) is 30.3 Å². The van der Waals surface area contributed by atoms with Gasteiger partial charge in [-0.3, -0.25) is 9.78 Å². The minimum absolute atomic E-state index is 0.466. The van der Waals surface area contributed by atoms with E-state index in [-0.39, 0.29) is 0 Å². The van der Waals surface area contributed by atoms with Crippen molar-refractivity contribution in [3.05, 3.63) is 66.6 Å². The standard InChI is InChI=1S/C17H14FN3O3S/c18-13-7-1-2-9-15(13)25(23,24)20-11-16(22)21-14-8-3-5-12-6-4-10-19-17(12)14/h1-10,20H,11H2,(H,21,22). The van der Waals surface area contributed by atoms with Crippen LogP contribution in [0.1, 0.15) is 0 Å². The maximum absolute atomic E-state index is 13.6. The van der Waals surface area contributed by atoms with Crippen molar-refractivity contribution >= 4 is 32.5 Å². The quantitative estimate of drug-likeness (QED) is 0.732.